The van der Waals surface area contributed by atoms with Crippen molar-refractivity contribution in [2.24, 2.45) is 11.7 Å². The topological polar surface area (TPSA) is 71.2 Å². The quantitative estimate of drug-likeness (QED) is 0.864. The Bertz CT molecular complexity index is 509. The third-order valence-corrected chi connectivity index (χ3v) is 4.19. The first-order valence-electron chi connectivity index (χ1n) is 7.76. The minimum atomic E-state index is -0.390. The van der Waals surface area contributed by atoms with Crippen LogP contribution in [0.1, 0.15) is 41.4 Å². The maximum atomic E-state index is 11.8. The average molecular weight is 290 g/mol. The molecule has 0 spiro atoms. The van der Waals surface area contributed by atoms with E-state index in [4.69, 9.17) is 5.73 Å². The molecule has 2 rings (SSSR count). The van der Waals surface area contributed by atoms with Crippen molar-refractivity contribution in [1.82, 2.24) is 10.3 Å². The zero-order valence-electron chi connectivity index (χ0n) is 13.3. The van der Waals surface area contributed by atoms with Gasteiger partial charge >= 0.3 is 0 Å². The van der Waals surface area contributed by atoms with Gasteiger partial charge in [0.05, 0.1) is 5.56 Å². The SMILES string of the molecule is CCN(CC1CCNCC1)c1nc(C)cc(C)c1C(N)=O. The molecule has 0 bridgehead atoms. The van der Waals surface area contributed by atoms with Crippen molar-refractivity contribution in [3.63, 3.8) is 0 Å². The molecule has 0 aliphatic carbocycles. The molecule has 0 aromatic carbocycles. The van der Waals surface area contributed by atoms with Crippen LogP contribution in [0.25, 0.3) is 0 Å². The Morgan fingerprint density at radius 1 is 1.43 bits per heavy atom. The van der Waals surface area contributed by atoms with Crippen molar-refractivity contribution in [3.8, 4) is 0 Å². The molecule has 21 heavy (non-hydrogen) atoms. The highest BCUT2D eigenvalue weighted by Crippen LogP contribution is 2.24. The summed E-state index contributed by atoms with van der Waals surface area (Å²) in [6, 6.07) is 1.92. The number of amides is 1. The van der Waals surface area contributed by atoms with Crippen LogP contribution in [0.5, 0.6) is 0 Å². The lowest BCUT2D eigenvalue weighted by Gasteiger charge is -2.31. The number of nitrogens with one attached hydrogen (secondary N) is 1. The Balaban J connectivity index is 2.29. The molecular formula is C16H26N4O. The van der Waals surface area contributed by atoms with Crippen LogP contribution >= 0.6 is 0 Å². The molecule has 5 heteroatoms. The molecule has 1 amide bonds. The summed E-state index contributed by atoms with van der Waals surface area (Å²) in [5.74, 6) is 1.01. The molecule has 1 aromatic heterocycles. The molecule has 1 saturated heterocycles. The summed E-state index contributed by atoms with van der Waals surface area (Å²) in [5.41, 5.74) is 7.98. The number of carbonyl (C=O) groups is 1. The van der Waals surface area contributed by atoms with Crippen molar-refractivity contribution < 1.29 is 4.79 Å². The number of carbonyl (C=O) groups excluding carboxylic acids is 1. The fraction of sp³-hybridized carbons (Fsp3) is 0.625. The zero-order chi connectivity index (χ0) is 15.4. The molecule has 0 saturated carbocycles. The number of primary amides is 1. The molecule has 2 heterocycles. The Hall–Kier alpha value is -1.62. The van der Waals surface area contributed by atoms with Gasteiger partial charge in [-0.05, 0) is 64.3 Å². The fourth-order valence-electron chi connectivity index (χ4n) is 3.09. The van der Waals surface area contributed by atoms with Crippen LogP contribution in [-0.4, -0.2) is 37.1 Å². The Labute approximate surface area is 126 Å². The van der Waals surface area contributed by atoms with Gasteiger partial charge in [0.2, 0.25) is 0 Å². The lowest BCUT2D eigenvalue weighted by atomic mass is 9.97. The van der Waals surface area contributed by atoms with Crippen LogP contribution in [0.3, 0.4) is 0 Å². The lowest BCUT2D eigenvalue weighted by Crippen LogP contribution is -2.37. The second-order valence-electron chi connectivity index (χ2n) is 5.88. The van der Waals surface area contributed by atoms with Crippen molar-refractivity contribution in [1.29, 1.82) is 0 Å². The first-order valence-corrected chi connectivity index (χ1v) is 7.76. The Morgan fingerprint density at radius 3 is 2.67 bits per heavy atom. The van der Waals surface area contributed by atoms with Crippen LogP contribution in [0, 0.1) is 19.8 Å². The maximum Gasteiger partial charge on any atom is 0.252 e. The van der Waals surface area contributed by atoms with E-state index in [0.717, 1.165) is 43.3 Å². The molecule has 0 unspecified atom stereocenters. The third kappa shape index (κ3) is 3.73. The number of pyridine rings is 1. The van der Waals surface area contributed by atoms with E-state index in [1.165, 1.54) is 12.8 Å². The van der Waals surface area contributed by atoms with Gasteiger partial charge in [-0.2, -0.15) is 0 Å². The van der Waals surface area contributed by atoms with E-state index in [1.54, 1.807) is 0 Å². The fourth-order valence-corrected chi connectivity index (χ4v) is 3.09. The predicted molar refractivity (Wildman–Crippen MR) is 85.7 cm³/mol. The summed E-state index contributed by atoms with van der Waals surface area (Å²) in [4.78, 5) is 18.6. The monoisotopic (exact) mass is 290 g/mol. The number of aryl methyl sites for hydroxylation is 2. The van der Waals surface area contributed by atoms with Crippen molar-refractivity contribution in [2.75, 3.05) is 31.1 Å². The molecule has 1 fully saturated rings. The van der Waals surface area contributed by atoms with Gasteiger partial charge in [0.25, 0.3) is 5.91 Å². The summed E-state index contributed by atoms with van der Waals surface area (Å²) in [6.07, 6.45) is 2.35. The molecule has 5 nitrogen and oxygen atoms in total. The molecule has 0 radical (unpaired) electrons. The summed E-state index contributed by atoms with van der Waals surface area (Å²) in [6.45, 7) is 9.91. The van der Waals surface area contributed by atoms with Crippen LogP contribution < -0.4 is 16.0 Å². The lowest BCUT2D eigenvalue weighted by molar-refractivity contribution is 0.1000. The normalized spacial score (nSPS) is 16.0. The van der Waals surface area contributed by atoms with E-state index in [1.807, 2.05) is 19.9 Å². The standard InChI is InChI=1S/C16H26N4O/c1-4-20(10-13-5-7-18-8-6-13)16-14(15(17)21)11(2)9-12(3)19-16/h9,13,18H,4-8,10H2,1-3H3,(H2,17,21). The molecule has 1 aliphatic rings. The number of rotatable bonds is 5. The average Bonchev–Trinajstić information content (AvgIpc) is 2.44. The molecule has 3 N–H and O–H groups in total. The van der Waals surface area contributed by atoms with E-state index >= 15 is 0 Å². The van der Waals surface area contributed by atoms with E-state index in [0.29, 0.717) is 11.5 Å². The summed E-state index contributed by atoms with van der Waals surface area (Å²) in [7, 11) is 0. The Kier molecular flexibility index (Phi) is 5.17. The predicted octanol–water partition coefficient (Wildman–Crippen LogP) is 1.62. The van der Waals surface area contributed by atoms with Gasteiger partial charge in [-0.3, -0.25) is 4.79 Å². The van der Waals surface area contributed by atoms with Crippen molar-refractivity contribution in [2.45, 2.75) is 33.6 Å². The van der Waals surface area contributed by atoms with E-state index in [-0.39, 0.29) is 0 Å². The minimum Gasteiger partial charge on any atom is -0.365 e. The zero-order valence-corrected chi connectivity index (χ0v) is 13.3. The minimum absolute atomic E-state index is 0.390. The summed E-state index contributed by atoms with van der Waals surface area (Å²) in [5, 5.41) is 3.39. The third-order valence-electron chi connectivity index (χ3n) is 4.19. The van der Waals surface area contributed by atoms with Gasteiger partial charge in [-0.15, -0.1) is 0 Å². The van der Waals surface area contributed by atoms with E-state index < -0.39 is 5.91 Å². The van der Waals surface area contributed by atoms with Gasteiger partial charge in [0.1, 0.15) is 5.82 Å². The number of hydrogen-bond acceptors (Lipinski definition) is 4. The second-order valence-corrected chi connectivity index (χ2v) is 5.88. The number of aromatic nitrogens is 1. The highest BCUT2D eigenvalue weighted by atomic mass is 16.1. The van der Waals surface area contributed by atoms with Crippen LogP contribution in [0.15, 0.2) is 6.07 Å². The van der Waals surface area contributed by atoms with Gasteiger partial charge in [-0.1, -0.05) is 0 Å². The molecule has 1 aromatic rings. The van der Waals surface area contributed by atoms with E-state index in [2.05, 4.69) is 22.1 Å². The van der Waals surface area contributed by atoms with Crippen molar-refractivity contribution in [3.05, 3.63) is 22.9 Å². The summed E-state index contributed by atoms with van der Waals surface area (Å²) >= 11 is 0. The molecule has 0 atom stereocenters. The van der Waals surface area contributed by atoms with Gasteiger partial charge in [0.15, 0.2) is 0 Å². The summed E-state index contributed by atoms with van der Waals surface area (Å²) < 4.78 is 0. The van der Waals surface area contributed by atoms with Crippen LogP contribution in [0.4, 0.5) is 5.82 Å². The van der Waals surface area contributed by atoms with Crippen LogP contribution in [0.2, 0.25) is 0 Å². The number of anilines is 1. The molecular weight excluding hydrogens is 264 g/mol. The van der Waals surface area contributed by atoms with Gasteiger partial charge < -0.3 is 16.0 Å². The molecule has 1 aliphatic heterocycles. The number of nitrogens with zero attached hydrogens (tertiary/aromatic N) is 2. The number of hydrogen-bond donors (Lipinski definition) is 2. The smallest absolute Gasteiger partial charge is 0.252 e. The van der Waals surface area contributed by atoms with Crippen molar-refractivity contribution >= 4 is 11.7 Å². The second kappa shape index (κ2) is 6.89. The largest absolute Gasteiger partial charge is 0.365 e. The van der Waals surface area contributed by atoms with Gasteiger partial charge in [-0.25, -0.2) is 4.98 Å². The van der Waals surface area contributed by atoms with Gasteiger partial charge in [0, 0.05) is 18.8 Å². The Morgan fingerprint density at radius 2 is 2.10 bits per heavy atom. The first kappa shape index (κ1) is 15.8. The first-order chi connectivity index (χ1) is 10.0. The number of nitrogens with two attached hydrogens (primary N) is 1. The highest BCUT2D eigenvalue weighted by Gasteiger charge is 2.22. The maximum absolute atomic E-state index is 11.8. The van der Waals surface area contributed by atoms with E-state index in [9.17, 15) is 4.79 Å². The number of piperidine rings is 1. The highest BCUT2D eigenvalue weighted by molar-refractivity contribution is 5.99. The molecule has 116 valence electrons. The van der Waals surface area contributed by atoms with Crippen LogP contribution in [-0.2, 0) is 0 Å².